The Bertz CT molecular complexity index is 964. The lowest BCUT2D eigenvalue weighted by Crippen LogP contribution is -2.15. The van der Waals surface area contributed by atoms with Crippen LogP contribution in [0.15, 0.2) is 54.9 Å². The third-order valence-corrected chi connectivity index (χ3v) is 4.19. The Balaban J connectivity index is 1.71. The van der Waals surface area contributed by atoms with E-state index in [0.29, 0.717) is 34.6 Å². The van der Waals surface area contributed by atoms with Crippen molar-refractivity contribution >= 4 is 29.0 Å². The Kier molecular flexibility index (Phi) is 6.29. The number of anilines is 2. The predicted octanol–water partition coefficient (Wildman–Crippen LogP) is 4.01. The molecule has 1 heterocycles. The van der Waals surface area contributed by atoms with Crippen molar-refractivity contribution in [3.63, 3.8) is 0 Å². The van der Waals surface area contributed by atoms with Crippen LogP contribution in [0.5, 0.6) is 11.5 Å². The summed E-state index contributed by atoms with van der Waals surface area (Å²) in [6, 6.07) is 14.2. The second-order valence-electron chi connectivity index (χ2n) is 5.79. The summed E-state index contributed by atoms with van der Waals surface area (Å²) < 4.78 is 10.5. The number of hydrogen-bond donors (Lipinski definition) is 2. The van der Waals surface area contributed by atoms with Gasteiger partial charge in [0.2, 0.25) is 0 Å². The van der Waals surface area contributed by atoms with Crippen LogP contribution in [0.25, 0.3) is 0 Å². The molecule has 144 valence electrons. The molecule has 1 aromatic heterocycles. The third-order valence-electron chi connectivity index (χ3n) is 3.94. The highest BCUT2D eigenvalue weighted by molar-refractivity contribution is 6.30. The van der Waals surface area contributed by atoms with Crippen LogP contribution in [0.2, 0.25) is 5.02 Å². The second kappa shape index (κ2) is 9.05. The summed E-state index contributed by atoms with van der Waals surface area (Å²) in [6.07, 6.45) is 1.34. The molecular weight excluding hydrogens is 380 g/mol. The number of carbonyl (C=O) groups is 1. The zero-order valence-electron chi connectivity index (χ0n) is 15.4. The monoisotopic (exact) mass is 398 g/mol. The molecule has 0 aliphatic rings. The van der Waals surface area contributed by atoms with E-state index in [1.165, 1.54) is 13.4 Å². The zero-order chi connectivity index (χ0) is 19.9. The van der Waals surface area contributed by atoms with Gasteiger partial charge in [0.25, 0.3) is 5.91 Å². The summed E-state index contributed by atoms with van der Waals surface area (Å²) >= 11 is 5.89. The SMILES string of the molecule is COc1ccc(OC)c(NC(=O)c2cc(NCc3ccc(Cl)cc3)ncn2)c1. The van der Waals surface area contributed by atoms with E-state index in [0.717, 1.165) is 5.56 Å². The van der Waals surface area contributed by atoms with Gasteiger partial charge in [-0.05, 0) is 29.8 Å². The number of nitrogens with one attached hydrogen (secondary N) is 2. The minimum Gasteiger partial charge on any atom is -0.497 e. The molecule has 3 rings (SSSR count). The van der Waals surface area contributed by atoms with E-state index in [1.807, 2.05) is 24.3 Å². The van der Waals surface area contributed by atoms with Gasteiger partial charge in [0, 0.05) is 23.7 Å². The maximum absolute atomic E-state index is 12.6. The third kappa shape index (κ3) is 4.89. The summed E-state index contributed by atoms with van der Waals surface area (Å²) in [6.45, 7) is 0.541. The highest BCUT2D eigenvalue weighted by Gasteiger charge is 2.13. The van der Waals surface area contributed by atoms with Gasteiger partial charge in [-0.15, -0.1) is 0 Å². The number of hydrogen-bond acceptors (Lipinski definition) is 6. The summed E-state index contributed by atoms with van der Waals surface area (Å²) in [5, 5.41) is 6.62. The number of nitrogens with zero attached hydrogens (tertiary/aromatic N) is 2. The van der Waals surface area contributed by atoms with Crippen LogP contribution in [0.1, 0.15) is 16.1 Å². The number of rotatable bonds is 7. The lowest BCUT2D eigenvalue weighted by Gasteiger charge is -2.12. The fourth-order valence-corrected chi connectivity index (χ4v) is 2.60. The molecule has 2 aromatic carbocycles. The van der Waals surface area contributed by atoms with Gasteiger partial charge in [-0.1, -0.05) is 23.7 Å². The Morgan fingerprint density at radius 3 is 2.54 bits per heavy atom. The van der Waals surface area contributed by atoms with E-state index >= 15 is 0 Å². The Hall–Kier alpha value is -3.32. The second-order valence-corrected chi connectivity index (χ2v) is 6.23. The van der Waals surface area contributed by atoms with E-state index in [4.69, 9.17) is 21.1 Å². The molecule has 0 spiro atoms. The van der Waals surface area contributed by atoms with E-state index in [1.54, 1.807) is 31.4 Å². The van der Waals surface area contributed by atoms with Crippen molar-refractivity contribution in [2.45, 2.75) is 6.54 Å². The summed E-state index contributed by atoms with van der Waals surface area (Å²) in [4.78, 5) is 20.8. The van der Waals surface area contributed by atoms with Gasteiger partial charge >= 0.3 is 0 Å². The van der Waals surface area contributed by atoms with Crippen molar-refractivity contribution in [3.05, 3.63) is 71.1 Å². The first kappa shape index (κ1) is 19.4. The van der Waals surface area contributed by atoms with Crippen LogP contribution in [0.3, 0.4) is 0 Å². The number of halogens is 1. The van der Waals surface area contributed by atoms with Gasteiger partial charge in [-0.3, -0.25) is 4.79 Å². The summed E-state index contributed by atoms with van der Waals surface area (Å²) in [5.74, 6) is 1.27. The Labute approximate surface area is 167 Å². The first-order valence-corrected chi connectivity index (χ1v) is 8.80. The molecule has 0 saturated heterocycles. The molecule has 0 saturated carbocycles. The molecule has 8 heteroatoms. The molecule has 3 aromatic rings. The molecular formula is C20H19ClN4O3. The van der Waals surface area contributed by atoms with Crippen LogP contribution < -0.4 is 20.1 Å². The number of amides is 1. The molecule has 0 aliphatic carbocycles. The lowest BCUT2D eigenvalue weighted by atomic mass is 10.2. The van der Waals surface area contributed by atoms with E-state index < -0.39 is 0 Å². The van der Waals surface area contributed by atoms with Crippen molar-refractivity contribution in [2.75, 3.05) is 24.9 Å². The van der Waals surface area contributed by atoms with Crippen molar-refractivity contribution < 1.29 is 14.3 Å². The van der Waals surface area contributed by atoms with Crippen LogP contribution in [-0.4, -0.2) is 30.1 Å². The molecule has 0 aliphatic heterocycles. The van der Waals surface area contributed by atoms with Gasteiger partial charge in [-0.25, -0.2) is 9.97 Å². The fraction of sp³-hybridized carbons (Fsp3) is 0.150. The number of ether oxygens (including phenoxy) is 2. The lowest BCUT2D eigenvalue weighted by molar-refractivity contribution is 0.102. The number of methoxy groups -OCH3 is 2. The first-order chi connectivity index (χ1) is 13.6. The fourth-order valence-electron chi connectivity index (χ4n) is 2.47. The molecule has 1 amide bonds. The van der Waals surface area contributed by atoms with Crippen molar-refractivity contribution in [1.82, 2.24) is 9.97 Å². The van der Waals surface area contributed by atoms with Gasteiger partial charge in [0.1, 0.15) is 29.3 Å². The van der Waals surface area contributed by atoms with E-state index in [-0.39, 0.29) is 11.6 Å². The maximum atomic E-state index is 12.6. The molecule has 28 heavy (non-hydrogen) atoms. The minimum absolute atomic E-state index is 0.221. The number of benzene rings is 2. The van der Waals surface area contributed by atoms with Gasteiger partial charge in [-0.2, -0.15) is 0 Å². The van der Waals surface area contributed by atoms with E-state index in [2.05, 4.69) is 20.6 Å². The van der Waals surface area contributed by atoms with Crippen molar-refractivity contribution in [2.24, 2.45) is 0 Å². The molecule has 0 atom stereocenters. The number of carbonyl (C=O) groups excluding carboxylic acids is 1. The van der Waals surface area contributed by atoms with Crippen molar-refractivity contribution in [3.8, 4) is 11.5 Å². The Morgan fingerprint density at radius 1 is 1.04 bits per heavy atom. The smallest absolute Gasteiger partial charge is 0.274 e. The zero-order valence-corrected chi connectivity index (χ0v) is 16.2. The van der Waals surface area contributed by atoms with Crippen LogP contribution in [0, 0.1) is 0 Å². The van der Waals surface area contributed by atoms with Crippen LogP contribution in [0.4, 0.5) is 11.5 Å². The van der Waals surface area contributed by atoms with Gasteiger partial charge < -0.3 is 20.1 Å². The Morgan fingerprint density at radius 2 is 1.82 bits per heavy atom. The molecule has 0 fully saturated rings. The first-order valence-electron chi connectivity index (χ1n) is 8.43. The standard InChI is InChI=1S/C20H19ClN4O3/c1-27-15-7-8-18(28-2)16(9-15)25-20(26)17-10-19(24-12-23-17)22-11-13-3-5-14(21)6-4-13/h3-10,12H,11H2,1-2H3,(H,25,26)(H,22,23,24). The average Bonchev–Trinajstić information content (AvgIpc) is 2.73. The van der Waals surface area contributed by atoms with Gasteiger partial charge in [0.05, 0.1) is 19.9 Å². The van der Waals surface area contributed by atoms with Gasteiger partial charge in [0.15, 0.2) is 0 Å². The van der Waals surface area contributed by atoms with Crippen molar-refractivity contribution in [1.29, 1.82) is 0 Å². The predicted molar refractivity (Wildman–Crippen MR) is 108 cm³/mol. The normalized spacial score (nSPS) is 10.2. The highest BCUT2D eigenvalue weighted by Crippen LogP contribution is 2.29. The maximum Gasteiger partial charge on any atom is 0.274 e. The van der Waals surface area contributed by atoms with Crippen LogP contribution >= 0.6 is 11.6 Å². The average molecular weight is 399 g/mol. The largest absolute Gasteiger partial charge is 0.497 e. The quantitative estimate of drug-likeness (QED) is 0.625. The summed E-state index contributed by atoms with van der Waals surface area (Å²) in [5.41, 5.74) is 1.75. The highest BCUT2D eigenvalue weighted by atomic mass is 35.5. The molecule has 0 unspecified atom stereocenters. The molecule has 2 N–H and O–H groups in total. The molecule has 0 radical (unpaired) electrons. The molecule has 0 bridgehead atoms. The number of aromatic nitrogens is 2. The minimum atomic E-state index is -0.386. The topological polar surface area (TPSA) is 85.4 Å². The summed E-state index contributed by atoms with van der Waals surface area (Å²) in [7, 11) is 3.08. The van der Waals surface area contributed by atoms with E-state index in [9.17, 15) is 4.79 Å². The van der Waals surface area contributed by atoms with Crippen LogP contribution in [-0.2, 0) is 6.54 Å². The molecule has 7 nitrogen and oxygen atoms in total.